The summed E-state index contributed by atoms with van der Waals surface area (Å²) in [6.45, 7) is 5.01. The Hall–Kier alpha value is -2.09. The number of nitrogens with zero attached hydrogens (tertiary/aromatic N) is 1. The second kappa shape index (κ2) is 8.53. The van der Waals surface area contributed by atoms with Gasteiger partial charge in [-0.15, -0.1) is 0 Å². The second-order valence-corrected chi connectivity index (χ2v) is 7.45. The Morgan fingerprint density at radius 2 is 2.19 bits per heavy atom. The van der Waals surface area contributed by atoms with Crippen LogP contribution in [0.15, 0.2) is 6.07 Å². The standard InChI is InChI=1S/C18H28N4O4/c1-11(2)19-18(24)26-14-6-5-12(8-14)15-9-16(22-21-15)20-17(23)13-4-3-7-25-10-13/h9,11-14H,3-8,10H2,1-2H3,(H,19,24)(H2,20,21,22,23)/t12-,13?,14+/m0/s1. The van der Waals surface area contributed by atoms with Crippen molar-refractivity contribution in [3.8, 4) is 0 Å². The van der Waals surface area contributed by atoms with Crippen molar-refractivity contribution in [3.05, 3.63) is 11.8 Å². The lowest BCUT2D eigenvalue weighted by atomic mass is 10.0. The fourth-order valence-corrected chi connectivity index (χ4v) is 3.54. The lowest BCUT2D eigenvalue weighted by Gasteiger charge is -2.20. The fraction of sp³-hybridized carbons (Fsp3) is 0.722. The number of aromatic nitrogens is 2. The highest BCUT2D eigenvalue weighted by Gasteiger charge is 2.30. The third-order valence-corrected chi connectivity index (χ3v) is 4.88. The zero-order chi connectivity index (χ0) is 18.5. The number of nitrogens with one attached hydrogen (secondary N) is 3. The Kier molecular flexibility index (Phi) is 6.13. The quantitative estimate of drug-likeness (QED) is 0.745. The number of H-pyrrole nitrogens is 1. The van der Waals surface area contributed by atoms with Crippen molar-refractivity contribution in [2.24, 2.45) is 5.92 Å². The summed E-state index contributed by atoms with van der Waals surface area (Å²) in [5.41, 5.74) is 0.968. The summed E-state index contributed by atoms with van der Waals surface area (Å²) in [6, 6.07) is 1.94. The van der Waals surface area contributed by atoms with Crippen LogP contribution in [0.3, 0.4) is 0 Å². The summed E-state index contributed by atoms with van der Waals surface area (Å²) in [5, 5.41) is 12.8. The van der Waals surface area contributed by atoms with Gasteiger partial charge in [0.1, 0.15) is 6.10 Å². The van der Waals surface area contributed by atoms with Crippen LogP contribution in [0.4, 0.5) is 10.6 Å². The van der Waals surface area contributed by atoms with Crippen LogP contribution in [0.1, 0.15) is 57.6 Å². The SMILES string of the molecule is CC(C)NC(=O)O[C@@H]1CC[C@H](c2cc(NC(=O)C3CCCOC3)n[nH]2)C1. The van der Waals surface area contributed by atoms with Crippen LogP contribution in [0.5, 0.6) is 0 Å². The van der Waals surface area contributed by atoms with Gasteiger partial charge in [-0.2, -0.15) is 5.10 Å². The van der Waals surface area contributed by atoms with E-state index in [-0.39, 0.29) is 36.0 Å². The van der Waals surface area contributed by atoms with Crippen LogP contribution in [0.25, 0.3) is 0 Å². The Labute approximate surface area is 153 Å². The van der Waals surface area contributed by atoms with E-state index in [1.54, 1.807) is 0 Å². The Balaban J connectivity index is 1.49. The third kappa shape index (κ3) is 4.97. The van der Waals surface area contributed by atoms with Crippen molar-refractivity contribution in [3.63, 3.8) is 0 Å². The summed E-state index contributed by atoms with van der Waals surface area (Å²) >= 11 is 0. The maximum atomic E-state index is 12.2. The molecular weight excluding hydrogens is 336 g/mol. The van der Waals surface area contributed by atoms with Gasteiger partial charge in [-0.25, -0.2) is 4.79 Å². The lowest BCUT2D eigenvalue weighted by molar-refractivity contribution is -0.123. The molecule has 0 aromatic carbocycles. The van der Waals surface area contributed by atoms with Crippen LogP contribution in [-0.2, 0) is 14.3 Å². The largest absolute Gasteiger partial charge is 0.446 e. The van der Waals surface area contributed by atoms with Gasteiger partial charge in [0.25, 0.3) is 0 Å². The number of rotatable bonds is 5. The predicted molar refractivity (Wildman–Crippen MR) is 95.9 cm³/mol. The van der Waals surface area contributed by atoms with E-state index in [0.29, 0.717) is 12.4 Å². The molecule has 144 valence electrons. The van der Waals surface area contributed by atoms with E-state index in [2.05, 4.69) is 20.8 Å². The van der Waals surface area contributed by atoms with Crippen molar-refractivity contribution >= 4 is 17.8 Å². The molecule has 2 heterocycles. The molecule has 2 fully saturated rings. The Morgan fingerprint density at radius 3 is 2.92 bits per heavy atom. The topological polar surface area (TPSA) is 105 Å². The smallest absolute Gasteiger partial charge is 0.407 e. The molecule has 2 amide bonds. The van der Waals surface area contributed by atoms with E-state index < -0.39 is 0 Å². The molecule has 1 aliphatic carbocycles. The average Bonchev–Trinajstić information content (AvgIpc) is 3.24. The van der Waals surface area contributed by atoms with Gasteiger partial charge in [0.2, 0.25) is 5.91 Å². The highest BCUT2D eigenvalue weighted by Crippen LogP contribution is 2.35. The maximum absolute atomic E-state index is 12.2. The molecule has 1 saturated carbocycles. The van der Waals surface area contributed by atoms with E-state index in [1.165, 1.54) is 0 Å². The average molecular weight is 364 g/mol. The number of hydrogen-bond acceptors (Lipinski definition) is 5. The lowest BCUT2D eigenvalue weighted by Crippen LogP contribution is -2.33. The Bertz CT molecular complexity index is 624. The summed E-state index contributed by atoms with van der Waals surface area (Å²) in [4.78, 5) is 24.0. The molecule has 1 aromatic heterocycles. The molecule has 8 heteroatoms. The molecule has 1 unspecified atom stereocenters. The zero-order valence-electron chi connectivity index (χ0n) is 15.4. The van der Waals surface area contributed by atoms with Gasteiger partial charge in [0.05, 0.1) is 12.5 Å². The first-order valence-corrected chi connectivity index (χ1v) is 9.42. The zero-order valence-corrected chi connectivity index (χ0v) is 15.4. The summed E-state index contributed by atoms with van der Waals surface area (Å²) < 4.78 is 10.8. The van der Waals surface area contributed by atoms with Gasteiger partial charge in [0, 0.05) is 30.3 Å². The van der Waals surface area contributed by atoms with Gasteiger partial charge in [-0.05, 0) is 46.0 Å². The number of carbonyl (C=O) groups is 2. The third-order valence-electron chi connectivity index (χ3n) is 4.88. The normalized spacial score (nSPS) is 25.9. The van der Waals surface area contributed by atoms with Gasteiger partial charge < -0.3 is 20.1 Å². The highest BCUT2D eigenvalue weighted by molar-refractivity contribution is 5.91. The molecule has 3 rings (SSSR count). The molecular formula is C18H28N4O4. The van der Waals surface area contributed by atoms with E-state index in [9.17, 15) is 9.59 Å². The molecule has 0 bridgehead atoms. The van der Waals surface area contributed by atoms with Crippen LogP contribution in [0.2, 0.25) is 0 Å². The molecule has 1 aliphatic heterocycles. The molecule has 8 nitrogen and oxygen atoms in total. The van der Waals surface area contributed by atoms with Crippen LogP contribution >= 0.6 is 0 Å². The van der Waals surface area contributed by atoms with Gasteiger partial charge in [-0.3, -0.25) is 9.89 Å². The summed E-state index contributed by atoms with van der Waals surface area (Å²) in [5.74, 6) is 0.647. The summed E-state index contributed by atoms with van der Waals surface area (Å²) in [6.07, 6.45) is 3.83. The predicted octanol–water partition coefficient (Wildman–Crippen LogP) is 2.55. The minimum Gasteiger partial charge on any atom is -0.446 e. The Morgan fingerprint density at radius 1 is 1.35 bits per heavy atom. The minimum absolute atomic E-state index is 0.0410. The first kappa shape index (κ1) is 18.7. The van der Waals surface area contributed by atoms with Gasteiger partial charge >= 0.3 is 6.09 Å². The van der Waals surface area contributed by atoms with Crippen LogP contribution in [0, 0.1) is 5.92 Å². The van der Waals surface area contributed by atoms with Crippen molar-refractivity contribution in [2.75, 3.05) is 18.5 Å². The summed E-state index contributed by atoms with van der Waals surface area (Å²) in [7, 11) is 0. The molecule has 0 spiro atoms. The van der Waals surface area contributed by atoms with Gasteiger partial charge in [0.15, 0.2) is 5.82 Å². The number of alkyl carbamates (subject to hydrolysis) is 1. The number of anilines is 1. The monoisotopic (exact) mass is 364 g/mol. The number of aromatic amines is 1. The first-order chi connectivity index (χ1) is 12.5. The second-order valence-electron chi connectivity index (χ2n) is 7.45. The van der Waals surface area contributed by atoms with Crippen LogP contribution in [-0.4, -0.2) is 47.6 Å². The fourth-order valence-electron chi connectivity index (χ4n) is 3.54. The number of hydrogen-bond donors (Lipinski definition) is 3. The molecule has 0 radical (unpaired) electrons. The van der Waals surface area contributed by atoms with E-state index in [0.717, 1.165) is 44.4 Å². The first-order valence-electron chi connectivity index (χ1n) is 9.42. The molecule has 3 atom stereocenters. The van der Waals surface area contributed by atoms with Crippen molar-refractivity contribution < 1.29 is 19.1 Å². The molecule has 1 saturated heterocycles. The number of amides is 2. The minimum atomic E-state index is -0.363. The van der Waals surface area contributed by atoms with Crippen LogP contribution < -0.4 is 10.6 Å². The van der Waals surface area contributed by atoms with Crippen molar-refractivity contribution in [1.82, 2.24) is 15.5 Å². The number of ether oxygens (including phenoxy) is 2. The molecule has 2 aliphatic rings. The van der Waals surface area contributed by atoms with E-state index >= 15 is 0 Å². The van der Waals surface area contributed by atoms with Gasteiger partial charge in [-0.1, -0.05) is 0 Å². The van der Waals surface area contributed by atoms with Crippen molar-refractivity contribution in [1.29, 1.82) is 0 Å². The highest BCUT2D eigenvalue weighted by atomic mass is 16.6. The van der Waals surface area contributed by atoms with E-state index in [4.69, 9.17) is 9.47 Å². The molecule has 1 aromatic rings. The molecule has 26 heavy (non-hydrogen) atoms. The molecule has 3 N–H and O–H groups in total. The van der Waals surface area contributed by atoms with E-state index in [1.807, 2.05) is 19.9 Å². The van der Waals surface area contributed by atoms with Crippen molar-refractivity contribution in [2.45, 2.75) is 64.0 Å². The number of carbonyl (C=O) groups excluding carboxylic acids is 2. The maximum Gasteiger partial charge on any atom is 0.407 e.